The molecule has 0 aliphatic carbocycles. The van der Waals surface area contributed by atoms with E-state index in [1.165, 1.54) is 22.3 Å². The number of benzene rings is 2. The zero-order valence-corrected chi connectivity index (χ0v) is 14.3. The lowest BCUT2D eigenvalue weighted by molar-refractivity contribution is 0.189. The van der Waals surface area contributed by atoms with E-state index in [2.05, 4.69) is 43.4 Å². The maximum absolute atomic E-state index is 12.3. The van der Waals surface area contributed by atoms with Crippen molar-refractivity contribution in [1.29, 1.82) is 0 Å². The van der Waals surface area contributed by atoms with E-state index >= 15 is 0 Å². The van der Waals surface area contributed by atoms with Gasteiger partial charge >= 0.3 is 6.03 Å². The second kappa shape index (κ2) is 7.39. The van der Waals surface area contributed by atoms with Crippen LogP contribution < -0.4 is 10.1 Å². The van der Waals surface area contributed by atoms with Gasteiger partial charge in [0.2, 0.25) is 0 Å². The van der Waals surface area contributed by atoms with Crippen LogP contribution in [0, 0.1) is 13.8 Å². The number of ether oxygens (including phenoxy) is 1. The minimum Gasteiger partial charge on any atom is -0.492 e. The molecule has 126 valence electrons. The largest absolute Gasteiger partial charge is 0.492 e. The van der Waals surface area contributed by atoms with Gasteiger partial charge in [-0.3, -0.25) is 0 Å². The highest BCUT2D eigenvalue weighted by molar-refractivity contribution is 5.74. The van der Waals surface area contributed by atoms with Crippen molar-refractivity contribution in [3.63, 3.8) is 0 Å². The van der Waals surface area contributed by atoms with Gasteiger partial charge in [0, 0.05) is 13.1 Å². The fourth-order valence-corrected chi connectivity index (χ4v) is 3.12. The summed E-state index contributed by atoms with van der Waals surface area (Å²) in [4.78, 5) is 14.1. The maximum atomic E-state index is 12.3. The Morgan fingerprint density at radius 2 is 1.83 bits per heavy atom. The second-order valence-corrected chi connectivity index (χ2v) is 6.34. The van der Waals surface area contributed by atoms with Crippen LogP contribution in [-0.4, -0.2) is 30.6 Å². The van der Waals surface area contributed by atoms with Crippen molar-refractivity contribution in [2.45, 2.75) is 26.8 Å². The highest BCUT2D eigenvalue weighted by Gasteiger charge is 2.19. The number of carbonyl (C=O) groups is 1. The molecule has 1 aliphatic rings. The van der Waals surface area contributed by atoms with Crippen LogP contribution >= 0.6 is 0 Å². The molecule has 0 unspecified atom stereocenters. The summed E-state index contributed by atoms with van der Waals surface area (Å²) in [6.07, 6.45) is 0.919. The lowest BCUT2D eigenvalue weighted by atomic mass is 10.0. The number of urea groups is 1. The highest BCUT2D eigenvalue weighted by Crippen LogP contribution is 2.18. The first kappa shape index (κ1) is 16.4. The third-order valence-corrected chi connectivity index (χ3v) is 4.26. The van der Waals surface area contributed by atoms with E-state index in [9.17, 15) is 4.79 Å². The molecule has 2 aromatic carbocycles. The highest BCUT2D eigenvalue weighted by atomic mass is 16.5. The zero-order valence-electron chi connectivity index (χ0n) is 14.3. The molecule has 0 saturated heterocycles. The zero-order chi connectivity index (χ0) is 16.9. The molecule has 0 atom stereocenters. The molecule has 4 heteroatoms. The Hall–Kier alpha value is -2.49. The first-order valence-electron chi connectivity index (χ1n) is 8.42. The van der Waals surface area contributed by atoms with Crippen molar-refractivity contribution in [2.75, 3.05) is 19.7 Å². The Morgan fingerprint density at radius 1 is 1.12 bits per heavy atom. The molecule has 0 radical (unpaired) electrons. The summed E-state index contributed by atoms with van der Waals surface area (Å²) in [5, 5.41) is 2.94. The third-order valence-electron chi connectivity index (χ3n) is 4.26. The monoisotopic (exact) mass is 324 g/mol. The van der Waals surface area contributed by atoms with Gasteiger partial charge in [0.05, 0.1) is 6.54 Å². The molecule has 0 saturated carbocycles. The molecule has 0 aromatic heterocycles. The average Bonchev–Trinajstić information content (AvgIpc) is 2.57. The van der Waals surface area contributed by atoms with E-state index in [-0.39, 0.29) is 6.03 Å². The number of rotatable bonds is 4. The molecule has 2 aromatic rings. The number of carbonyl (C=O) groups excluding carboxylic acids is 1. The van der Waals surface area contributed by atoms with E-state index in [0.29, 0.717) is 19.7 Å². The minimum absolute atomic E-state index is 0.0199. The van der Waals surface area contributed by atoms with Gasteiger partial charge in [0.25, 0.3) is 0 Å². The van der Waals surface area contributed by atoms with Crippen molar-refractivity contribution >= 4 is 6.03 Å². The van der Waals surface area contributed by atoms with Crippen molar-refractivity contribution in [2.24, 2.45) is 0 Å². The molecule has 0 fully saturated rings. The van der Waals surface area contributed by atoms with Crippen LogP contribution in [0.5, 0.6) is 5.75 Å². The van der Waals surface area contributed by atoms with Crippen molar-refractivity contribution in [3.05, 3.63) is 64.7 Å². The van der Waals surface area contributed by atoms with Gasteiger partial charge < -0.3 is 15.0 Å². The van der Waals surface area contributed by atoms with Crippen molar-refractivity contribution < 1.29 is 9.53 Å². The number of nitrogens with one attached hydrogen (secondary N) is 1. The van der Waals surface area contributed by atoms with Gasteiger partial charge in [-0.25, -0.2) is 4.79 Å². The fourth-order valence-electron chi connectivity index (χ4n) is 3.12. The molecule has 0 spiro atoms. The van der Waals surface area contributed by atoms with E-state index in [0.717, 1.165) is 18.7 Å². The molecule has 1 N–H and O–H groups in total. The molecular weight excluding hydrogens is 300 g/mol. The van der Waals surface area contributed by atoms with Gasteiger partial charge in [-0.15, -0.1) is 0 Å². The lowest BCUT2D eigenvalue weighted by Crippen LogP contribution is -2.43. The first-order chi connectivity index (χ1) is 11.6. The van der Waals surface area contributed by atoms with E-state index in [1.54, 1.807) is 0 Å². The van der Waals surface area contributed by atoms with Crippen LogP contribution in [0.4, 0.5) is 4.79 Å². The van der Waals surface area contributed by atoms with Crippen LogP contribution in [0.1, 0.15) is 22.3 Å². The summed E-state index contributed by atoms with van der Waals surface area (Å²) >= 11 is 0. The summed E-state index contributed by atoms with van der Waals surface area (Å²) in [6.45, 7) is 6.52. The number of fused-ring (bicyclic) bond motifs is 1. The molecule has 24 heavy (non-hydrogen) atoms. The van der Waals surface area contributed by atoms with Crippen molar-refractivity contribution in [3.8, 4) is 5.75 Å². The standard InChI is InChI=1S/C20H24N2O2/c1-15-11-16(2)13-19(12-15)24-10-8-21-20(23)22-9-7-17-5-3-4-6-18(17)14-22/h3-6,11-13H,7-10,14H2,1-2H3,(H,21,23). The average molecular weight is 324 g/mol. The Morgan fingerprint density at radius 3 is 2.58 bits per heavy atom. The predicted octanol–water partition coefficient (Wildman–Crippen LogP) is 3.45. The number of hydrogen-bond donors (Lipinski definition) is 1. The Kier molecular flexibility index (Phi) is 5.04. The normalized spacial score (nSPS) is 13.3. The summed E-state index contributed by atoms with van der Waals surface area (Å²) in [6, 6.07) is 14.4. The number of amides is 2. The maximum Gasteiger partial charge on any atom is 0.317 e. The van der Waals surface area contributed by atoms with Crippen LogP contribution in [0.3, 0.4) is 0 Å². The van der Waals surface area contributed by atoms with Gasteiger partial charge in [-0.1, -0.05) is 30.3 Å². The first-order valence-corrected chi connectivity index (χ1v) is 8.42. The number of hydrogen-bond acceptors (Lipinski definition) is 2. The van der Waals surface area contributed by atoms with Crippen LogP contribution in [0.15, 0.2) is 42.5 Å². The molecule has 4 nitrogen and oxygen atoms in total. The second-order valence-electron chi connectivity index (χ2n) is 6.34. The van der Waals surface area contributed by atoms with Gasteiger partial charge in [-0.2, -0.15) is 0 Å². The fraction of sp³-hybridized carbons (Fsp3) is 0.350. The minimum atomic E-state index is -0.0199. The summed E-state index contributed by atoms with van der Waals surface area (Å²) in [5.41, 5.74) is 4.95. The summed E-state index contributed by atoms with van der Waals surface area (Å²) in [5.74, 6) is 0.855. The van der Waals surface area contributed by atoms with Gasteiger partial charge in [0.15, 0.2) is 0 Å². The smallest absolute Gasteiger partial charge is 0.317 e. The number of nitrogens with zero attached hydrogens (tertiary/aromatic N) is 1. The quantitative estimate of drug-likeness (QED) is 0.875. The molecule has 2 amide bonds. The van der Waals surface area contributed by atoms with Gasteiger partial charge in [0.1, 0.15) is 12.4 Å². The lowest BCUT2D eigenvalue weighted by Gasteiger charge is -2.28. The topological polar surface area (TPSA) is 41.6 Å². The Bertz CT molecular complexity index is 707. The van der Waals surface area contributed by atoms with E-state index in [1.807, 2.05) is 23.1 Å². The molecule has 3 rings (SSSR count). The molecular formula is C20H24N2O2. The van der Waals surface area contributed by atoms with Crippen molar-refractivity contribution in [1.82, 2.24) is 10.2 Å². The molecule has 1 heterocycles. The Balaban J connectivity index is 1.45. The van der Waals surface area contributed by atoms with Crippen LogP contribution in [0.2, 0.25) is 0 Å². The summed E-state index contributed by atoms with van der Waals surface area (Å²) in [7, 11) is 0. The SMILES string of the molecule is Cc1cc(C)cc(OCCNC(=O)N2CCc3ccccc3C2)c1. The predicted molar refractivity (Wildman–Crippen MR) is 95.4 cm³/mol. The van der Waals surface area contributed by atoms with Gasteiger partial charge in [-0.05, 0) is 54.7 Å². The van der Waals surface area contributed by atoms with E-state index in [4.69, 9.17) is 4.74 Å². The molecule has 0 bridgehead atoms. The summed E-state index contributed by atoms with van der Waals surface area (Å²) < 4.78 is 5.73. The molecule has 1 aliphatic heterocycles. The van der Waals surface area contributed by atoms with E-state index < -0.39 is 0 Å². The Labute approximate surface area is 143 Å². The van der Waals surface area contributed by atoms with Crippen LogP contribution in [-0.2, 0) is 13.0 Å². The van der Waals surface area contributed by atoms with Crippen LogP contribution in [0.25, 0.3) is 0 Å². The third kappa shape index (κ3) is 4.07. The number of aryl methyl sites for hydroxylation is 2.